The molecule has 468 valence electrons. The van der Waals surface area contributed by atoms with E-state index in [-0.39, 0.29) is 58.7 Å². The fourth-order valence-corrected chi connectivity index (χ4v) is 16.8. The fraction of sp³-hybridized carbons (Fsp3) is 0.891. The van der Waals surface area contributed by atoms with Crippen LogP contribution in [-0.4, -0.2) is 233 Å². The SMILES string of the molecule is CO[C@@H]1[C@@H](O)[C@H](O[C@@H]2[C@@H](O)[C@H](O[C@H]3[C@H](O)[C@@H](O)[C@H](O[C@H]4[C@H](O[C@H]5CC[C@]6(C)[C@H]7CCC89C(=O)O[C@@](C)(CCC=C(C)C)[C@H]8[C@@H](OC(C)=O)C[C@@]9(C)C7=CC[C@H]6C5(C)C)OC[C@@H](OS(=O)(=O)[O-])[C@@H]4O)O[C@@H]3CO)OC[C@H]2O)O[C@H](CO)[C@H]1O.[Na+]. The van der Waals surface area contributed by atoms with E-state index in [9.17, 15) is 68.5 Å². The molecule has 0 aromatic heterocycles. The molecule has 4 aliphatic carbocycles. The first-order chi connectivity index (χ1) is 38.4. The van der Waals surface area contributed by atoms with E-state index in [4.69, 9.17) is 52.1 Å². The van der Waals surface area contributed by atoms with Crippen molar-refractivity contribution in [2.45, 2.75) is 235 Å². The van der Waals surface area contributed by atoms with Crippen molar-refractivity contribution < 1.29 is 154 Å². The topological polar surface area (TPSA) is 384 Å². The van der Waals surface area contributed by atoms with Gasteiger partial charge in [0.05, 0.1) is 43.9 Å². The van der Waals surface area contributed by atoms with E-state index < -0.39 is 187 Å². The molecule has 3 saturated carbocycles. The van der Waals surface area contributed by atoms with Gasteiger partial charge in [-0.05, 0) is 94.8 Å². The molecule has 8 fully saturated rings. The second-order valence-electron chi connectivity index (χ2n) is 25.6. The number of methoxy groups -OCH3 is 1. The van der Waals surface area contributed by atoms with E-state index in [2.05, 4.69) is 44.0 Å². The number of rotatable bonds is 17. The maximum atomic E-state index is 14.7. The molecule has 5 saturated heterocycles. The Labute approximate surface area is 505 Å². The summed E-state index contributed by atoms with van der Waals surface area (Å²) in [6.07, 6.45) is -23.2. The minimum Gasteiger partial charge on any atom is -0.726 e. The van der Waals surface area contributed by atoms with Crippen molar-refractivity contribution in [3.8, 4) is 0 Å². The van der Waals surface area contributed by atoms with E-state index in [1.54, 1.807) is 0 Å². The molecule has 9 rings (SSSR count). The molecule has 26 nitrogen and oxygen atoms in total. The van der Waals surface area contributed by atoms with Crippen LogP contribution in [0.5, 0.6) is 0 Å². The Bertz CT molecular complexity index is 2480. The van der Waals surface area contributed by atoms with Gasteiger partial charge in [0.2, 0.25) is 10.4 Å². The van der Waals surface area contributed by atoms with Gasteiger partial charge in [-0.2, -0.15) is 0 Å². The largest absolute Gasteiger partial charge is 1.00 e. The summed E-state index contributed by atoms with van der Waals surface area (Å²) in [5, 5.41) is 99.0. The van der Waals surface area contributed by atoms with Crippen molar-refractivity contribution in [1.29, 1.82) is 0 Å². The summed E-state index contributed by atoms with van der Waals surface area (Å²) >= 11 is 0. The van der Waals surface area contributed by atoms with Crippen LogP contribution in [0.2, 0.25) is 0 Å². The molecule has 0 aromatic rings. The summed E-state index contributed by atoms with van der Waals surface area (Å²) in [4.78, 5) is 27.4. The molecule has 5 heterocycles. The van der Waals surface area contributed by atoms with Crippen LogP contribution in [-0.2, 0) is 76.3 Å². The number of aliphatic hydroxyl groups is 9. The van der Waals surface area contributed by atoms with Crippen molar-refractivity contribution in [2.75, 3.05) is 33.5 Å². The molecule has 9 aliphatic rings. The molecule has 0 bridgehead atoms. The van der Waals surface area contributed by atoms with Gasteiger partial charge >= 0.3 is 41.5 Å². The normalized spacial score (nSPS) is 48.5. The Morgan fingerprint density at radius 2 is 1.37 bits per heavy atom. The van der Waals surface area contributed by atoms with Gasteiger partial charge in [0.15, 0.2) is 25.2 Å². The second-order valence-corrected chi connectivity index (χ2v) is 26.6. The summed E-state index contributed by atoms with van der Waals surface area (Å²) in [6.45, 7) is 13.1. The van der Waals surface area contributed by atoms with Gasteiger partial charge < -0.3 is 103 Å². The maximum Gasteiger partial charge on any atom is 1.00 e. The molecule has 27 atom stereocenters. The number of carbonyl (C=O) groups is 2. The van der Waals surface area contributed by atoms with Gasteiger partial charge in [0.1, 0.15) is 97.2 Å². The van der Waals surface area contributed by atoms with Gasteiger partial charge in [0, 0.05) is 19.4 Å². The van der Waals surface area contributed by atoms with Gasteiger partial charge in [-0.1, -0.05) is 51.0 Å². The van der Waals surface area contributed by atoms with Crippen LogP contribution in [0.1, 0.15) is 107 Å². The molecule has 0 aromatic carbocycles. The van der Waals surface area contributed by atoms with Crippen molar-refractivity contribution in [2.24, 2.45) is 39.4 Å². The van der Waals surface area contributed by atoms with E-state index >= 15 is 0 Å². The zero-order valence-electron chi connectivity index (χ0n) is 48.8. The molecular weight excluding hydrogens is 1130 g/mol. The van der Waals surface area contributed by atoms with E-state index in [0.717, 1.165) is 11.1 Å². The third-order valence-corrected chi connectivity index (χ3v) is 20.7. The first kappa shape index (κ1) is 67.5. The number of cyclic esters (lactones) is 1. The smallest absolute Gasteiger partial charge is 0.726 e. The molecule has 9 N–H and O–H groups in total. The number of hydrogen-bond acceptors (Lipinski definition) is 26. The van der Waals surface area contributed by atoms with Crippen LogP contribution >= 0.6 is 0 Å². The first-order valence-corrected chi connectivity index (χ1v) is 29.8. The molecule has 28 heteroatoms. The average Bonchev–Trinajstić information content (AvgIpc) is 1.65. The van der Waals surface area contributed by atoms with Crippen molar-refractivity contribution in [3.05, 3.63) is 23.3 Å². The zero-order chi connectivity index (χ0) is 60.0. The molecular formula is C55H85NaO26S. The van der Waals surface area contributed by atoms with Crippen LogP contribution in [0, 0.1) is 39.4 Å². The average molecular weight is 1220 g/mol. The number of ether oxygens (including phenoxy) is 11. The van der Waals surface area contributed by atoms with Crippen LogP contribution in [0.3, 0.4) is 0 Å². The number of hydrogen-bond donors (Lipinski definition) is 9. The maximum absolute atomic E-state index is 14.7. The quantitative estimate of drug-likeness (QED) is 0.0222. The number of carbonyl (C=O) groups excluding carboxylic acids is 2. The van der Waals surface area contributed by atoms with Crippen LogP contribution < -0.4 is 29.6 Å². The zero-order valence-corrected chi connectivity index (χ0v) is 51.6. The number of esters is 2. The van der Waals surface area contributed by atoms with Gasteiger partial charge in [-0.25, -0.2) is 8.42 Å². The van der Waals surface area contributed by atoms with Crippen molar-refractivity contribution >= 4 is 22.3 Å². The summed E-state index contributed by atoms with van der Waals surface area (Å²) in [5.74, 6) is -1.07. The van der Waals surface area contributed by atoms with Gasteiger partial charge in [-0.3, -0.25) is 13.8 Å². The monoisotopic (exact) mass is 1220 g/mol. The summed E-state index contributed by atoms with van der Waals surface area (Å²) < 4.78 is 106. The van der Waals surface area contributed by atoms with Crippen LogP contribution in [0.15, 0.2) is 23.3 Å². The Hall–Kier alpha value is -1.43. The van der Waals surface area contributed by atoms with Crippen molar-refractivity contribution in [1.82, 2.24) is 0 Å². The first-order valence-electron chi connectivity index (χ1n) is 28.5. The van der Waals surface area contributed by atoms with E-state index in [0.29, 0.717) is 51.4 Å². The Morgan fingerprint density at radius 3 is 2.01 bits per heavy atom. The predicted molar refractivity (Wildman–Crippen MR) is 275 cm³/mol. The standard InChI is InChI=1S/C55H86O26S.Na/c1-24(2)11-10-16-54(8)45-29(73-25(3)58)19-53(7)27-12-13-33-51(4,5)34(15-17-52(33,6)26(27)14-18-55(45,53)50(66)80-54)76-49-44(36(61)32(23-72-49)81-82(67,68)69)79-47-38(63)37(62)42(31(21-57)75-47)78-46-39(64)41(28(59)22-71-46)77-48-40(65)43(70-9)35(60)30(20-56)74-48;/h11-12,26,28-49,56-57,59-65H,10,13-23H2,1-9H3,(H,67,68,69);/q;+1/p-1/t26-,28+,29-,30+,31+,32+,33-,34-,35+,36-,37+,38+,39+,40+,41-,42+,43-,44+,45+,46-,47-,48-,49-,52+,53-,54-,55?;/m0./s1. The van der Waals surface area contributed by atoms with Gasteiger partial charge in [-0.15, -0.1) is 0 Å². The summed E-state index contributed by atoms with van der Waals surface area (Å²) in [7, 11) is -4.26. The molecule has 1 unspecified atom stereocenters. The fourth-order valence-electron chi connectivity index (χ4n) is 16.3. The van der Waals surface area contributed by atoms with E-state index in [1.165, 1.54) is 14.0 Å². The minimum atomic E-state index is -5.45. The van der Waals surface area contributed by atoms with Crippen molar-refractivity contribution in [3.63, 3.8) is 0 Å². The Balaban J connectivity index is 0.00000900. The number of allylic oxidation sites excluding steroid dienone is 4. The molecule has 83 heavy (non-hydrogen) atoms. The van der Waals surface area contributed by atoms with E-state index in [1.807, 2.05) is 20.8 Å². The molecule has 0 amide bonds. The Kier molecular flexibility index (Phi) is 20.7. The number of fused-ring (bicyclic) bond motifs is 4. The third kappa shape index (κ3) is 12.1. The summed E-state index contributed by atoms with van der Waals surface area (Å²) in [5.41, 5.74) is -1.18. The third-order valence-electron chi connectivity index (χ3n) is 20.2. The van der Waals surface area contributed by atoms with Gasteiger partial charge in [0.25, 0.3) is 0 Å². The summed E-state index contributed by atoms with van der Waals surface area (Å²) in [6, 6.07) is 0. The molecule has 0 radical (unpaired) electrons. The minimum absolute atomic E-state index is 0. The Morgan fingerprint density at radius 1 is 0.747 bits per heavy atom. The van der Waals surface area contributed by atoms with Crippen LogP contribution in [0.4, 0.5) is 0 Å². The molecule has 5 aliphatic heterocycles. The molecule has 1 spiro atoms. The number of aliphatic hydroxyl groups excluding tert-OH is 9. The van der Waals surface area contributed by atoms with Crippen LogP contribution in [0.25, 0.3) is 0 Å². The predicted octanol–water partition coefficient (Wildman–Crippen LogP) is -3.75. The second kappa shape index (κ2) is 25.5.